The van der Waals surface area contributed by atoms with Crippen LogP contribution in [0.5, 0.6) is 0 Å². The van der Waals surface area contributed by atoms with Gasteiger partial charge >= 0.3 is 5.97 Å². The van der Waals surface area contributed by atoms with Gasteiger partial charge in [0.1, 0.15) is 6.04 Å². The molecule has 0 radical (unpaired) electrons. The van der Waals surface area contributed by atoms with Crippen LogP contribution in [0.2, 0.25) is 5.02 Å². The first-order chi connectivity index (χ1) is 7.00. The first kappa shape index (κ1) is 12.0. The molecule has 4 N–H and O–H groups in total. The second-order valence-corrected chi connectivity index (χ2v) is 3.70. The average molecular weight is 230 g/mol. The van der Waals surface area contributed by atoms with Crippen molar-refractivity contribution in [3.63, 3.8) is 0 Å². The number of aliphatic hydroxyl groups is 1. The molecule has 2 atom stereocenters. The normalized spacial score (nSPS) is 14.6. The van der Waals surface area contributed by atoms with E-state index in [1.165, 1.54) is 0 Å². The fraction of sp³-hybridized carbons (Fsp3) is 0.300. The summed E-state index contributed by atoms with van der Waals surface area (Å²) < 4.78 is 0. The van der Waals surface area contributed by atoms with Crippen LogP contribution in [0.25, 0.3) is 0 Å². The quantitative estimate of drug-likeness (QED) is 0.708. The highest BCUT2D eigenvalue weighted by molar-refractivity contribution is 6.30. The van der Waals surface area contributed by atoms with Gasteiger partial charge in [-0.15, -0.1) is 0 Å². The Kier molecular flexibility index (Phi) is 4.08. The third kappa shape index (κ3) is 3.51. The van der Waals surface area contributed by atoms with E-state index in [2.05, 4.69) is 0 Å². The molecule has 0 aliphatic heterocycles. The van der Waals surface area contributed by atoms with E-state index in [1.807, 2.05) is 0 Å². The maximum Gasteiger partial charge on any atom is 0.323 e. The molecule has 0 heterocycles. The number of halogens is 1. The van der Waals surface area contributed by atoms with E-state index in [0.29, 0.717) is 5.02 Å². The zero-order valence-electron chi connectivity index (χ0n) is 7.93. The van der Waals surface area contributed by atoms with Crippen LogP contribution in [0.15, 0.2) is 24.3 Å². The van der Waals surface area contributed by atoms with Crippen molar-refractivity contribution in [2.45, 2.75) is 18.6 Å². The van der Waals surface area contributed by atoms with Gasteiger partial charge in [0.05, 0.1) is 6.10 Å². The summed E-state index contributed by atoms with van der Waals surface area (Å²) in [5.74, 6) is -1.21. The molecule has 4 nitrogen and oxygen atoms in total. The summed E-state index contributed by atoms with van der Waals surface area (Å²) in [6.07, 6.45) is -0.895. The van der Waals surface area contributed by atoms with E-state index < -0.39 is 18.1 Å². The van der Waals surface area contributed by atoms with Crippen molar-refractivity contribution in [3.05, 3.63) is 34.9 Å². The van der Waals surface area contributed by atoms with Crippen LogP contribution in [-0.2, 0) is 11.2 Å². The maximum atomic E-state index is 10.5. The van der Waals surface area contributed by atoms with Gasteiger partial charge in [0, 0.05) is 11.4 Å². The molecular formula is C10H12ClNO3. The summed E-state index contributed by atoms with van der Waals surface area (Å²) in [6, 6.07) is 5.53. The third-order valence-corrected chi connectivity index (χ3v) is 2.31. The Balaban J connectivity index is 2.62. The Morgan fingerprint density at radius 2 is 1.93 bits per heavy atom. The van der Waals surface area contributed by atoms with Gasteiger partial charge in [-0.05, 0) is 17.7 Å². The summed E-state index contributed by atoms with van der Waals surface area (Å²) >= 11 is 5.68. The lowest BCUT2D eigenvalue weighted by molar-refractivity contribution is -0.141. The van der Waals surface area contributed by atoms with Crippen LogP contribution in [0, 0.1) is 0 Å². The first-order valence-corrected chi connectivity index (χ1v) is 4.79. The predicted molar refractivity (Wildman–Crippen MR) is 56.8 cm³/mol. The van der Waals surface area contributed by atoms with Crippen molar-refractivity contribution < 1.29 is 15.0 Å². The van der Waals surface area contributed by atoms with Crippen LogP contribution in [0.4, 0.5) is 0 Å². The molecule has 0 saturated heterocycles. The largest absolute Gasteiger partial charge is 0.480 e. The third-order valence-electron chi connectivity index (χ3n) is 2.06. The van der Waals surface area contributed by atoms with E-state index in [4.69, 9.17) is 22.4 Å². The summed E-state index contributed by atoms with van der Waals surface area (Å²) in [7, 11) is 0. The lowest BCUT2D eigenvalue weighted by atomic mass is 10.0. The zero-order chi connectivity index (χ0) is 11.4. The Morgan fingerprint density at radius 1 is 1.40 bits per heavy atom. The molecule has 1 aromatic rings. The highest BCUT2D eigenvalue weighted by Crippen LogP contribution is 2.11. The Bertz CT molecular complexity index is 339. The molecule has 15 heavy (non-hydrogen) atoms. The molecule has 0 aliphatic carbocycles. The molecule has 0 fully saturated rings. The number of carbonyl (C=O) groups is 1. The number of aliphatic carboxylic acids is 1. The summed E-state index contributed by atoms with van der Waals surface area (Å²) in [5.41, 5.74) is 6.06. The fourth-order valence-electron chi connectivity index (χ4n) is 1.15. The minimum Gasteiger partial charge on any atom is -0.480 e. The predicted octanol–water partition coefficient (Wildman–Crippen LogP) is 0.655. The molecule has 0 spiro atoms. The van der Waals surface area contributed by atoms with Gasteiger partial charge in [-0.2, -0.15) is 0 Å². The maximum absolute atomic E-state index is 10.5. The molecule has 0 aromatic heterocycles. The van der Waals surface area contributed by atoms with Crippen molar-refractivity contribution in [1.82, 2.24) is 0 Å². The van der Waals surface area contributed by atoms with Gasteiger partial charge in [0.15, 0.2) is 0 Å². The van der Waals surface area contributed by atoms with E-state index in [1.54, 1.807) is 24.3 Å². The SMILES string of the molecule is N[C@H](C(=O)O)[C@H](O)Cc1ccc(Cl)cc1. The van der Waals surface area contributed by atoms with Crippen LogP contribution in [0.3, 0.4) is 0 Å². The molecule has 0 bridgehead atoms. The van der Waals surface area contributed by atoms with Crippen molar-refractivity contribution in [2.24, 2.45) is 5.73 Å². The molecule has 0 unspecified atom stereocenters. The lowest BCUT2D eigenvalue weighted by Crippen LogP contribution is -2.42. The molecule has 1 rings (SSSR count). The van der Waals surface area contributed by atoms with Gasteiger partial charge in [0.2, 0.25) is 0 Å². The number of rotatable bonds is 4. The van der Waals surface area contributed by atoms with Crippen LogP contribution < -0.4 is 5.73 Å². The van der Waals surface area contributed by atoms with Crippen LogP contribution in [0.1, 0.15) is 5.56 Å². The smallest absolute Gasteiger partial charge is 0.323 e. The lowest BCUT2D eigenvalue weighted by Gasteiger charge is -2.14. The molecule has 1 aromatic carbocycles. The minimum absolute atomic E-state index is 0.199. The summed E-state index contributed by atoms with van der Waals surface area (Å²) in [4.78, 5) is 10.5. The number of nitrogens with two attached hydrogens (primary N) is 1. The van der Waals surface area contributed by atoms with Gasteiger partial charge in [-0.25, -0.2) is 0 Å². The average Bonchev–Trinajstić information content (AvgIpc) is 2.20. The van der Waals surface area contributed by atoms with E-state index in [0.717, 1.165) is 5.56 Å². The highest BCUT2D eigenvalue weighted by Gasteiger charge is 2.21. The molecule has 82 valence electrons. The van der Waals surface area contributed by atoms with Crippen LogP contribution >= 0.6 is 11.6 Å². The number of carboxylic acid groups (broad SMARTS) is 1. The van der Waals surface area contributed by atoms with Crippen LogP contribution in [-0.4, -0.2) is 28.3 Å². The number of aliphatic hydroxyl groups excluding tert-OH is 1. The van der Waals surface area contributed by atoms with E-state index in [9.17, 15) is 9.90 Å². The molecule has 0 saturated carbocycles. The summed E-state index contributed by atoms with van der Waals surface area (Å²) in [6.45, 7) is 0. The van der Waals surface area contributed by atoms with Crippen molar-refractivity contribution in [2.75, 3.05) is 0 Å². The van der Waals surface area contributed by atoms with Gasteiger partial charge in [-0.3, -0.25) is 4.79 Å². The van der Waals surface area contributed by atoms with Gasteiger partial charge in [-0.1, -0.05) is 23.7 Å². The number of benzene rings is 1. The number of carboxylic acids is 1. The van der Waals surface area contributed by atoms with Crippen molar-refractivity contribution in [3.8, 4) is 0 Å². The second kappa shape index (κ2) is 5.11. The Hall–Kier alpha value is -1.10. The molecule has 0 aliphatic rings. The topological polar surface area (TPSA) is 83.6 Å². The monoisotopic (exact) mass is 229 g/mol. The fourth-order valence-corrected chi connectivity index (χ4v) is 1.28. The minimum atomic E-state index is -1.26. The molecule has 5 heteroatoms. The van der Waals surface area contributed by atoms with E-state index in [-0.39, 0.29) is 6.42 Å². The van der Waals surface area contributed by atoms with Crippen molar-refractivity contribution in [1.29, 1.82) is 0 Å². The van der Waals surface area contributed by atoms with E-state index >= 15 is 0 Å². The highest BCUT2D eigenvalue weighted by atomic mass is 35.5. The second-order valence-electron chi connectivity index (χ2n) is 3.26. The first-order valence-electron chi connectivity index (χ1n) is 4.41. The summed E-state index contributed by atoms with van der Waals surface area (Å²) in [5, 5.41) is 18.6. The molecular weight excluding hydrogens is 218 g/mol. The standard InChI is InChI=1S/C10H12ClNO3/c11-7-3-1-6(2-4-7)5-8(13)9(12)10(14)15/h1-4,8-9,13H,5,12H2,(H,14,15)/t8-,9+/m1/s1. The molecule has 0 amide bonds. The number of hydrogen-bond donors (Lipinski definition) is 3. The zero-order valence-corrected chi connectivity index (χ0v) is 8.69. The Morgan fingerprint density at radius 3 is 2.40 bits per heavy atom. The van der Waals surface area contributed by atoms with Gasteiger partial charge < -0.3 is 15.9 Å². The van der Waals surface area contributed by atoms with Crippen molar-refractivity contribution >= 4 is 17.6 Å². The van der Waals surface area contributed by atoms with Gasteiger partial charge in [0.25, 0.3) is 0 Å². The number of hydrogen-bond acceptors (Lipinski definition) is 3. The Labute approximate surface area is 92.3 Å².